The van der Waals surface area contributed by atoms with Crippen LogP contribution in [0.5, 0.6) is 0 Å². The van der Waals surface area contributed by atoms with Gasteiger partial charge in [0.05, 0.1) is 11.9 Å². The zero-order valence-corrected chi connectivity index (χ0v) is 9.61. The second kappa shape index (κ2) is 4.57. The summed E-state index contributed by atoms with van der Waals surface area (Å²) in [6.45, 7) is 3.47. The van der Waals surface area contributed by atoms with E-state index < -0.39 is 0 Å². The molecule has 1 saturated heterocycles. The number of aromatic nitrogens is 2. The lowest BCUT2D eigenvalue weighted by molar-refractivity contribution is 0.0916. The lowest BCUT2D eigenvalue weighted by atomic mass is 10.1. The zero-order valence-electron chi connectivity index (χ0n) is 7.97. The summed E-state index contributed by atoms with van der Waals surface area (Å²) in [5.74, 6) is 0. The molecular weight excluding hydrogens is 218 g/mol. The summed E-state index contributed by atoms with van der Waals surface area (Å²) < 4.78 is 6.38. The van der Waals surface area contributed by atoms with Gasteiger partial charge in [0.15, 0.2) is 4.34 Å². The molecule has 1 aromatic heterocycles. The van der Waals surface area contributed by atoms with Crippen LogP contribution in [0.15, 0.2) is 4.34 Å². The second-order valence-electron chi connectivity index (χ2n) is 3.27. The van der Waals surface area contributed by atoms with Gasteiger partial charge in [-0.05, 0) is 13.3 Å². The van der Waals surface area contributed by atoms with Crippen molar-refractivity contribution < 1.29 is 4.74 Å². The predicted molar refractivity (Wildman–Crippen MR) is 57.7 cm³/mol. The van der Waals surface area contributed by atoms with E-state index in [2.05, 4.69) is 10.2 Å². The van der Waals surface area contributed by atoms with Crippen molar-refractivity contribution in [2.24, 2.45) is 5.73 Å². The first-order valence-corrected chi connectivity index (χ1v) is 6.25. The van der Waals surface area contributed by atoms with E-state index in [-0.39, 0.29) is 6.04 Å². The molecule has 0 aromatic carbocycles. The van der Waals surface area contributed by atoms with Gasteiger partial charge >= 0.3 is 0 Å². The largest absolute Gasteiger partial charge is 0.380 e. The Balaban J connectivity index is 1.95. The Hall–Kier alpha value is -0.170. The molecule has 0 aliphatic carbocycles. The van der Waals surface area contributed by atoms with Gasteiger partial charge in [-0.3, -0.25) is 0 Å². The fraction of sp³-hybridized carbons (Fsp3) is 0.750. The molecule has 1 aliphatic heterocycles. The molecular formula is C8H13N3OS2. The van der Waals surface area contributed by atoms with Gasteiger partial charge in [0.1, 0.15) is 5.01 Å². The third-order valence-corrected chi connectivity index (χ3v) is 4.36. The SMILES string of the molecule is Cc1nnc(SC2COCCC2N)s1. The number of hydrogen-bond donors (Lipinski definition) is 1. The number of aryl methyl sites for hydroxylation is 1. The summed E-state index contributed by atoms with van der Waals surface area (Å²) in [7, 11) is 0. The smallest absolute Gasteiger partial charge is 0.174 e. The molecule has 0 saturated carbocycles. The lowest BCUT2D eigenvalue weighted by Gasteiger charge is -2.26. The first-order valence-electron chi connectivity index (χ1n) is 4.56. The maximum absolute atomic E-state index is 5.99. The van der Waals surface area contributed by atoms with Crippen molar-refractivity contribution in [3.05, 3.63) is 5.01 Å². The van der Waals surface area contributed by atoms with Gasteiger partial charge < -0.3 is 10.5 Å². The average Bonchev–Trinajstić information content (AvgIpc) is 2.56. The van der Waals surface area contributed by atoms with Crippen LogP contribution in [-0.2, 0) is 4.74 Å². The number of nitrogens with two attached hydrogens (primary N) is 1. The molecule has 78 valence electrons. The van der Waals surface area contributed by atoms with Crippen molar-refractivity contribution in [2.45, 2.75) is 29.0 Å². The third kappa shape index (κ3) is 2.44. The van der Waals surface area contributed by atoms with Crippen LogP contribution >= 0.6 is 23.1 Å². The van der Waals surface area contributed by atoms with Crippen molar-refractivity contribution in [2.75, 3.05) is 13.2 Å². The number of ether oxygens (including phenoxy) is 1. The normalized spacial score (nSPS) is 27.9. The van der Waals surface area contributed by atoms with Gasteiger partial charge in [0, 0.05) is 12.6 Å². The zero-order chi connectivity index (χ0) is 9.97. The maximum Gasteiger partial charge on any atom is 0.174 e. The van der Waals surface area contributed by atoms with Crippen molar-refractivity contribution in [1.82, 2.24) is 10.2 Å². The van der Waals surface area contributed by atoms with Gasteiger partial charge in [0.2, 0.25) is 0 Å². The van der Waals surface area contributed by atoms with E-state index in [0.29, 0.717) is 5.25 Å². The minimum atomic E-state index is 0.220. The molecule has 0 spiro atoms. The Kier molecular flexibility index (Phi) is 3.38. The summed E-state index contributed by atoms with van der Waals surface area (Å²) in [5, 5.41) is 9.37. The maximum atomic E-state index is 5.99. The van der Waals surface area contributed by atoms with Crippen molar-refractivity contribution in [3.8, 4) is 0 Å². The summed E-state index contributed by atoms with van der Waals surface area (Å²) in [4.78, 5) is 0. The van der Waals surface area contributed by atoms with Gasteiger partial charge in [-0.25, -0.2) is 0 Å². The molecule has 4 nitrogen and oxygen atoms in total. The van der Waals surface area contributed by atoms with E-state index in [1.165, 1.54) is 0 Å². The van der Waals surface area contributed by atoms with E-state index >= 15 is 0 Å². The molecule has 2 unspecified atom stereocenters. The fourth-order valence-electron chi connectivity index (χ4n) is 1.31. The van der Waals surface area contributed by atoms with Crippen LogP contribution in [0.1, 0.15) is 11.4 Å². The molecule has 2 rings (SSSR count). The Morgan fingerprint density at radius 1 is 1.57 bits per heavy atom. The van der Waals surface area contributed by atoms with E-state index in [9.17, 15) is 0 Å². The highest BCUT2D eigenvalue weighted by Gasteiger charge is 2.24. The van der Waals surface area contributed by atoms with E-state index in [0.717, 1.165) is 29.0 Å². The summed E-state index contributed by atoms with van der Waals surface area (Å²) in [5.41, 5.74) is 5.99. The van der Waals surface area contributed by atoms with Gasteiger partial charge in [0.25, 0.3) is 0 Å². The van der Waals surface area contributed by atoms with Crippen LogP contribution in [0, 0.1) is 6.92 Å². The van der Waals surface area contributed by atoms with Crippen molar-refractivity contribution >= 4 is 23.1 Å². The summed E-state index contributed by atoms with van der Waals surface area (Å²) in [6, 6.07) is 0.220. The lowest BCUT2D eigenvalue weighted by Crippen LogP contribution is -2.40. The molecule has 0 amide bonds. The van der Waals surface area contributed by atoms with Gasteiger partial charge in [-0.1, -0.05) is 23.1 Å². The standard InChI is InChI=1S/C8H13N3OS2/c1-5-10-11-8(13-5)14-7-4-12-3-2-6(7)9/h6-7H,2-4,9H2,1H3. The topological polar surface area (TPSA) is 61.0 Å². The minimum absolute atomic E-state index is 0.220. The molecule has 1 fully saturated rings. The first kappa shape index (κ1) is 10.4. The van der Waals surface area contributed by atoms with Gasteiger partial charge in [-0.15, -0.1) is 10.2 Å². The second-order valence-corrected chi connectivity index (χ2v) is 5.94. The Bertz CT molecular complexity index is 305. The molecule has 2 atom stereocenters. The van der Waals surface area contributed by atoms with Crippen LogP contribution in [0.2, 0.25) is 0 Å². The molecule has 0 bridgehead atoms. The Morgan fingerprint density at radius 3 is 3.07 bits per heavy atom. The van der Waals surface area contributed by atoms with E-state index in [4.69, 9.17) is 10.5 Å². The molecule has 0 radical (unpaired) electrons. The average molecular weight is 231 g/mol. The molecule has 2 N–H and O–H groups in total. The molecule has 14 heavy (non-hydrogen) atoms. The fourth-order valence-corrected chi connectivity index (χ4v) is 3.47. The number of nitrogens with zero attached hydrogens (tertiary/aromatic N) is 2. The number of hydrogen-bond acceptors (Lipinski definition) is 6. The van der Waals surface area contributed by atoms with Crippen LogP contribution < -0.4 is 5.73 Å². The van der Waals surface area contributed by atoms with Crippen LogP contribution in [-0.4, -0.2) is 34.7 Å². The predicted octanol–water partition coefficient (Wildman–Crippen LogP) is 1.05. The van der Waals surface area contributed by atoms with Crippen LogP contribution in [0.4, 0.5) is 0 Å². The summed E-state index contributed by atoms with van der Waals surface area (Å²) >= 11 is 3.30. The number of rotatable bonds is 2. The van der Waals surface area contributed by atoms with Gasteiger partial charge in [-0.2, -0.15) is 0 Å². The Labute approximate surface area is 91.2 Å². The monoisotopic (exact) mass is 231 g/mol. The van der Waals surface area contributed by atoms with Crippen molar-refractivity contribution in [1.29, 1.82) is 0 Å². The highest BCUT2D eigenvalue weighted by molar-refractivity contribution is 8.01. The first-order chi connectivity index (χ1) is 6.75. The third-order valence-electron chi connectivity index (χ3n) is 2.11. The Morgan fingerprint density at radius 2 is 2.43 bits per heavy atom. The summed E-state index contributed by atoms with van der Waals surface area (Å²) in [6.07, 6.45) is 0.940. The van der Waals surface area contributed by atoms with Crippen LogP contribution in [0.25, 0.3) is 0 Å². The molecule has 6 heteroatoms. The minimum Gasteiger partial charge on any atom is -0.380 e. The molecule has 1 aromatic rings. The highest BCUT2D eigenvalue weighted by Crippen LogP contribution is 2.30. The molecule has 1 aliphatic rings. The van der Waals surface area contributed by atoms with Crippen molar-refractivity contribution in [3.63, 3.8) is 0 Å². The van der Waals surface area contributed by atoms with Crippen LogP contribution in [0.3, 0.4) is 0 Å². The molecule has 2 heterocycles. The highest BCUT2D eigenvalue weighted by atomic mass is 32.2. The van der Waals surface area contributed by atoms with E-state index in [1.54, 1.807) is 23.1 Å². The quantitative estimate of drug-likeness (QED) is 0.824. The number of thioether (sulfide) groups is 1. The van der Waals surface area contributed by atoms with E-state index in [1.807, 2.05) is 6.92 Å².